The van der Waals surface area contributed by atoms with E-state index in [9.17, 15) is 14.0 Å². The van der Waals surface area contributed by atoms with E-state index in [-0.39, 0.29) is 23.9 Å². The number of rotatable bonds is 7. The van der Waals surface area contributed by atoms with Crippen molar-refractivity contribution in [3.05, 3.63) is 35.6 Å². The fourth-order valence-corrected chi connectivity index (χ4v) is 1.93. The maximum absolute atomic E-state index is 12.6. The quantitative estimate of drug-likeness (QED) is 0.740. The minimum absolute atomic E-state index is 0.0515. The average molecular weight is 271 g/mol. The lowest BCUT2D eigenvalue weighted by Gasteiger charge is -2.04. The van der Waals surface area contributed by atoms with Crippen LogP contribution in [0.4, 0.5) is 4.39 Å². The number of amides is 1. The Hall–Kier alpha value is -1.56. The maximum atomic E-state index is 12.6. The van der Waals surface area contributed by atoms with Crippen molar-refractivity contribution in [3.63, 3.8) is 0 Å². The zero-order valence-corrected chi connectivity index (χ0v) is 10.5. The smallest absolute Gasteiger partial charge is 0.304 e. The average Bonchev–Trinajstić information content (AvgIpc) is 2.34. The number of carbonyl (C=O) groups is 2. The number of carbonyl (C=O) groups excluding carboxylic acids is 1. The van der Waals surface area contributed by atoms with Crippen LogP contribution < -0.4 is 5.32 Å². The van der Waals surface area contributed by atoms with Crippen LogP contribution in [0.25, 0.3) is 0 Å². The highest BCUT2D eigenvalue weighted by atomic mass is 32.2. The van der Waals surface area contributed by atoms with Crippen LogP contribution in [0.1, 0.15) is 12.0 Å². The zero-order chi connectivity index (χ0) is 13.4. The summed E-state index contributed by atoms with van der Waals surface area (Å²) in [5, 5.41) is 11.1. The maximum Gasteiger partial charge on any atom is 0.304 e. The predicted octanol–water partition coefficient (Wildman–Crippen LogP) is 1.65. The van der Waals surface area contributed by atoms with Crippen molar-refractivity contribution in [2.75, 3.05) is 11.5 Å². The Morgan fingerprint density at radius 1 is 1.28 bits per heavy atom. The number of nitrogens with one attached hydrogen (secondary N) is 1. The normalized spacial score (nSPS) is 10.1. The molecule has 1 aromatic rings. The first-order valence-corrected chi connectivity index (χ1v) is 6.54. The van der Waals surface area contributed by atoms with Gasteiger partial charge in [-0.15, -0.1) is 0 Å². The van der Waals surface area contributed by atoms with Crippen molar-refractivity contribution in [2.45, 2.75) is 13.0 Å². The number of benzene rings is 1. The molecule has 0 spiro atoms. The van der Waals surface area contributed by atoms with Crippen molar-refractivity contribution >= 4 is 23.6 Å². The van der Waals surface area contributed by atoms with Gasteiger partial charge >= 0.3 is 5.97 Å². The SMILES string of the molecule is O=C(O)CCSCC(=O)NCc1ccc(F)cc1. The fraction of sp³-hybridized carbons (Fsp3) is 0.333. The van der Waals surface area contributed by atoms with Gasteiger partial charge in [-0.3, -0.25) is 9.59 Å². The molecule has 6 heteroatoms. The van der Waals surface area contributed by atoms with E-state index >= 15 is 0 Å². The molecule has 0 radical (unpaired) electrons. The minimum Gasteiger partial charge on any atom is -0.481 e. The van der Waals surface area contributed by atoms with Crippen molar-refractivity contribution in [1.29, 1.82) is 0 Å². The fourth-order valence-electron chi connectivity index (χ4n) is 1.18. The molecule has 0 heterocycles. The van der Waals surface area contributed by atoms with Crippen LogP contribution in [0, 0.1) is 5.82 Å². The molecule has 4 nitrogen and oxygen atoms in total. The zero-order valence-electron chi connectivity index (χ0n) is 9.69. The number of aliphatic carboxylic acids is 1. The van der Waals surface area contributed by atoms with Crippen LogP contribution in [0.15, 0.2) is 24.3 Å². The van der Waals surface area contributed by atoms with Gasteiger partial charge in [-0.1, -0.05) is 12.1 Å². The third-order valence-electron chi connectivity index (χ3n) is 2.10. The molecule has 0 unspecified atom stereocenters. The van der Waals surface area contributed by atoms with Crippen LogP contribution in [0.2, 0.25) is 0 Å². The van der Waals surface area contributed by atoms with Crippen LogP contribution in [-0.2, 0) is 16.1 Å². The molecule has 18 heavy (non-hydrogen) atoms. The van der Waals surface area contributed by atoms with Gasteiger partial charge in [0, 0.05) is 12.3 Å². The van der Waals surface area contributed by atoms with E-state index in [2.05, 4.69) is 5.32 Å². The van der Waals surface area contributed by atoms with E-state index in [0.29, 0.717) is 12.3 Å². The van der Waals surface area contributed by atoms with E-state index in [1.807, 2.05) is 0 Å². The van der Waals surface area contributed by atoms with Crippen LogP contribution >= 0.6 is 11.8 Å². The molecular weight excluding hydrogens is 257 g/mol. The molecule has 0 saturated carbocycles. The summed E-state index contributed by atoms with van der Waals surface area (Å²) in [5.41, 5.74) is 0.820. The topological polar surface area (TPSA) is 66.4 Å². The van der Waals surface area contributed by atoms with E-state index in [1.54, 1.807) is 12.1 Å². The molecule has 0 aliphatic heterocycles. The minimum atomic E-state index is -0.866. The molecule has 0 bridgehead atoms. The van der Waals surface area contributed by atoms with Gasteiger partial charge in [0.05, 0.1) is 12.2 Å². The van der Waals surface area contributed by atoms with Gasteiger partial charge in [-0.05, 0) is 17.7 Å². The Morgan fingerprint density at radius 3 is 2.56 bits per heavy atom. The summed E-state index contributed by atoms with van der Waals surface area (Å²) < 4.78 is 12.6. The first kappa shape index (κ1) is 14.5. The van der Waals surface area contributed by atoms with Crippen LogP contribution in [0.3, 0.4) is 0 Å². The lowest BCUT2D eigenvalue weighted by atomic mass is 10.2. The summed E-state index contributed by atoms with van der Waals surface area (Å²) in [4.78, 5) is 21.6. The Morgan fingerprint density at radius 2 is 1.94 bits per heavy atom. The van der Waals surface area contributed by atoms with Gasteiger partial charge in [0.2, 0.25) is 5.91 Å². The molecule has 0 fully saturated rings. The van der Waals surface area contributed by atoms with Gasteiger partial charge in [0.1, 0.15) is 5.82 Å². The Labute approximate surface area is 109 Å². The molecule has 1 aromatic carbocycles. The van der Waals surface area contributed by atoms with Crippen molar-refractivity contribution in [1.82, 2.24) is 5.32 Å². The molecule has 1 amide bonds. The number of carboxylic acid groups (broad SMARTS) is 1. The predicted molar refractivity (Wildman–Crippen MR) is 67.8 cm³/mol. The molecule has 0 aromatic heterocycles. The molecule has 0 atom stereocenters. The molecule has 0 aliphatic rings. The first-order valence-electron chi connectivity index (χ1n) is 5.38. The van der Waals surface area contributed by atoms with E-state index < -0.39 is 5.97 Å². The number of hydrogen-bond acceptors (Lipinski definition) is 3. The second-order valence-electron chi connectivity index (χ2n) is 3.60. The van der Waals surface area contributed by atoms with Crippen LogP contribution in [0.5, 0.6) is 0 Å². The number of thioether (sulfide) groups is 1. The molecular formula is C12H14FNO3S. The molecule has 2 N–H and O–H groups in total. The molecule has 0 aliphatic carbocycles. The van der Waals surface area contributed by atoms with Crippen molar-refractivity contribution < 1.29 is 19.1 Å². The standard InChI is InChI=1S/C12H14FNO3S/c13-10-3-1-9(2-4-10)7-14-11(15)8-18-6-5-12(16)17/h1-4H,5-8H2,(H,14,15)(H,16,17). The molecule has 0 saturated heterocycles. The van der Waals surface area contributed by atoms with Crippen molar-refractivity contribution in [2.24, 2.45) is 0 Å². The highest BCUT2D eigenvalue weighted by Crippen LogP contribution is 2.04. The summed E-state index contributed by atoms with van der Waals surface area (Å²) in [7, 11) is 0. The second-order valence-corrected chi connectivity index (χ2v) is 4.70. The van der Waals surface area contributed by atoms with E-state index in [4.69, 9.17) is 5.11 Å². The Bertz CT molecular complexity index is 408. The third kappa shape index (κ3) is 6.24. The van der Waals surface area contributed by atoms with Crippen LogP contribution in [-0.4, -0.2) is 28.5 Å². The Balaban J connectivity index is 2.17. The highest BCUT2D eigenvalue weighted by Gasteiger charge is 2.03. The highest BCUT2D eigenvalue weighted by molar-refractivity contribution is 7.99. The Kier molecular flexibility index (Phi) is 6.21. The number of hydrogen-bond donors (Lipinski definition) is 2. The summed E-state index contributed by atoms with van der Waals surface area (Å²) >= 11 is 1.27. The van der Waals surface area contributed by atoms with Gasteiger partial charge in [-0.25, -0.2) is 4.39 Å². The molecule has 1 rings (SSSR count). The van der Waals surface area contributed by atoms with Gasteiger partial charge in [0.25, 0.3) is 0 Å². The lowest BCUT2D eigenvalue weighted by molar-refractivity contribution is -0.136. The number of halogens is 1. The molecule has 98 valence electrons. The summed E-state index contributed by atoms with van der Waals surface area (Å²) in [6.45, 7) is 0.346. The van der Waals surface area contributed by atoms with Gasteiger partial charge in [0.15, 0.2) is 0 Å². The summed E-state index contributed by atoms with van der Waals surface area (Å²) in [6, 6.07) is 5.88. The van der Waals surface area contributed by atoms with E-state index in [0.717, 1.165) is 5.56 Å². The number of carboxylic acids is 1. The monoisotopic (exact) mass is 271 g/mol. The summed E-state index contributed by atoms with van der Waals surface area (Å²) in [5.74, 6) is -0.688. The van der Waals surface area contributed by atoms with Crippen molar-refractivity contribution in [3.8, 4) is 0 Å². The first-order chi connectivity index (χ1) is 8.58. The lowest BCUT2D eigenvalue weighted by Crippen LogP contribution is -2.24. The summed E-state index contributed by atoms with van der Waals surface area (Å²) in [6.07, 6.45) is 0.0515. The van der Waals surface area contributed by atoms with Gasteiger partial charge < -0.3 is 10.4 Å². The second kappa shape index (κ2) is 7.71. The largest absolute Gasteiger partial charge is 0.481 e. The van der Waals surface area contributed by atoms with E-state index in [1.165, 1.54) is 23.9 Å². The third-order valence-corrected chi connectivity index (χ3v) is 3.06. The van der Waals surface area contributed by atoms with Gasteiger partial charge in [-0.2, -0.15) is 11.8 Å².